The second-order valence-electron chi connectivity index (χ2n) is 5.91. The molecule has 2 aromatic rings. The largest absolute Gasteiger partial charge is 0.349 e. The maximum atomic E-state index is 12.7. The van der Waals surface area contributed by atoms with Crippen LogP contribution in [0.2, 0.25) is 5.02 Å². The summed E-state index contributed by atoms with van der Waals surface area (Å²) in [4.78, 5) is 12.7. The van der Waals surface area contributed by atoms with Crippen molar-refractivity contribution in [2.24, 2.45) is 5.92 Å². The van der Waals surface area contributed by atoms with Gasteiger partial charge < -0.3 is 5.32 Å². The van der Waals surface area contributed by atoms with Gasteiger partial charge in [-0.3, -0.25) is 4.79 Å². The molecule has 0 radical (unpaired) electrons. The minimum Gasteiger partial charge on any atom is -0.349 e. The summed E-state index contributed by atoms with van der Waals surface area (Å²) < 4.78 is 0. The smallest absolute Gasteiger partial charge is 0.228 e. The molecule has 0 saturated carbocycles. The monoisotopic (exact) mass is 315 g/mol. The number of benzene rings is 2. The van der Waals surface area contributed by atoms with Crippen LogP contribution in [0, 0.1) is 5.92 Å². The van der Waals surface area contributed by atoms with E-state index in [0.717, 1.165) is 11.1 Å². The maximum Gasteiger partial charge on any atom is 0.228 e. The highest BCUT2D eigenvalue weighted by Crippen LogP contribution is 2.27. The molecule has 2 nitrogen and oxygen atoms in total. The lowest BCUT2D eigenvalue weighted by Crippen LogP contribution is -2.33. The van der Waals surface area contributed by atoms with Crippen LogP contribution in [0.5, 0.6) is 0 Å². The lowest BCUT2D eigenvalue weighted by atomic mass is 9.87. The van der Waals surface area contributed by atoms with Crippen LogP contribution < -0.4 is 5.32 Å². The fourth-order valence-electron chi connectivity index (χ4n) is 2.64. The zero-order valence-electron chi connectivity index (χ0n) is 13.2. The number of nitrogens with one attached hydrogen (secondary N) is 1. The van der Waals surface area contributed by atoms with Gasteiger partial charge in [-0.2, -0.15) is 0 Å². The number of carbonyl (C=O) groups is 1. The molecule has 0 aromatic heterocycles. The topological polar surface area (TPSA) is 29.1 Å². The van der Waals surface area contributed by atoms with Crippen LogP contribution in [-0.4, -0.2) is 5.91 Å². The Hall–Kier alpha value is -1.80. The first-order valence-electron chi connectivity index (χ1n) is 7.60. The number of amides is 1. The summed E-state index contributed by atoms with van der Waals surface area (Å²) in [5, 5.41) is 3.80. The van der Waals surface area contributed by atoms with Crippen molar-refractivity contribution in [3.05, 3.63) is 70.7 Å². The van der Waals surface area contributed by atoms with Gasteiger partial charge in [0.1, 0.15) is 0 Å². The van der Waals surface area contributed by atoms with Crippen LogP contribution in [-0.2, 0) is 4.79 Å². The number of hydrogen-bond donors (Lipinski definition) is 1. The van der Waals surface area contributed by atoms with E-state index in [9.17, 15) is 4.79 Å². The number of carbonyl (C=O) groups excluding carboxylic acids is 1. The summed E-state index contributed by atoms with van der Waals surface area (Å²) in [7, 11) is 0. The van der Waals surface area contributed by atoms with Gasteiger partial charge in [-0.1, -0.05) is 67.9 Å². The average molecular weight is 316 g/mol. The van der Waals surface area contributed by atoms with Crippen molar-refractivity contribution < 1.29 is 4.79 Å². The van der Waals surface area contributed by atoms with Gasteiger partial charge in [-0.25, -0.2) is 0 Å². The molecule has 2 atom stereocenters. The van der Waals surface area contributed by atoms with Crippen molar-refractivity contribution in [2.45, 2.75) is 32.7 Å². The third-order valence-electron chi connectivity index (χ3n) is 3.84. The van der Waals surface area contributed by atoms with Gasteiger partial charge >= 0.3 is 0 Å². The molecule has 2 rings (SSSR count). The molecule has 116 valence electrons. The van der Waals surface area contributed by atoms with Crippen LogP contribution in [0.15, 0.2) is 54.6 Å². The van der Waals surface area contributed by atoms with Crippen molar-refractivity contribution in [2.75, 3.05) is 0 Å². The lowest BCUT2D eigenvalue weighted by molar-refractivity contribution is -0.124. The van der Waals surface area contributed by atoms with Gasteiger partial charge in [0, 0.05) is 5.02 Å². The number of rotatable bonds is 5. The van der Waals surface area contributed by atoms with Crippen molar-refractivity contribution >= 4 is 17.5 Å². The van der Waals surface area contributed by atoms with Crippen LogP contribution >= 0.6 is 11.6 Å². The highest BCUT2D eigenvalue weighted by atomic mass is 35.5. The molecule has 2 aromatic carbocycles. The number of halogens is 1. The van der Waals surface area contributed by atoms with E-state index in [-0.39, 0.29) is 23.8 Å². The summed E-state index contributed by atoms with van der Waals surface area (Å²) in [6, 6.07) is 17.5. The van der Waals surface area contributed by atoms with E-state index in [1.165, 1.54) is 0 Å². The van der Waals surface area contributed by atoms with E-state index >= 15 is 0 Å². The third kappa shape index (κ3) is 4.11. The zero-order valence-corrected chi connectivity index (χ0v) is 14.0. The van der Waals surface area contributed by atoms with Gasteiger partial charge in [0.15, 0.2) is 0 Å². The van der Waals surface area contributed by atoms with E-state index < -0.39 is 0 Å². The summed E-state index contributed by atoms with van der Waals surface area (Å²) in [6.45, 7) is 6.13. The first kappa shape index (κ1) is 16.6. The van der Waals surface area contributed by atoms with E-state index in [1.807, 2.05) is 61.5 Å². The molecule has 22 heavy (non-hydrogen) atoms. The second kappa shape index (κ2) is 7.46. The van der Waals surface area contributed by atoms with Crippen molar-refractivity contribution in [1.29, 1.82) is 0 Å². The van der Waals surface area contributed by atoms with Crippen LogP contribution in [0.25, 0.3) is 0 Å². The maximum absolute atomic E-state index is 12.7. The summed E-state index contributed by atoms with van der Waals surface area (Å²) in [6.07, 6.45) is 0. The molecular weight excluding hydrogens is 294 g/mol. The Labute approximate surface area is 137 Å². The SMILES string of the molecule is CC(C)[C@@H](C(=O)N[C@@H](C)c1ccccc1)c1ccc(Cl)cc1. The molecule has 0 fully saturated rings. The van der Waals surface area contributed by atoms with Crippen LogP contribution in [0.3, 0.4) is 0 Å². The molecule has 1 N–H and O–H groups in total. The standard InChI is InChI=1S/C19H22ClNO/c1-13(2)18(16-9-11-17(20)12-10-16)19(22)21-14(3)15-7-5-4-6-8-15/h4-14,18H,1-3H3,(H,21,22)/t14-,18+/m0/s1. The van der Waals surface area contributed by atoms with E-state index in [1.54, 1.807) is 0 Å². The molecule has 0 aliphatic heterocycles. The molecular formula is C19H22ClNO. The quantitative estimate of drug-likeness (QED) is 0.830. The molecule has 0 bridgehead atoms. The Bertz CT molecular complexity index is 607. The fourth-order valence-corrected chi connectivity index (χ4v) is 2.76. The Morgan fingerprint density at radius 3 is 2.05 bits per heavy atom. The zero-order chi connectivity index (χ0) is 16.1. The minimum absolute atomic E-state index is 0.0118. The summed E-state index contributed by atoms with van der Waals surface area (Å²) in [5.41, 5.74) is 2.10. The molecule has 0 aliphatic rings. The molecule has 0 saturated heterocycles. The molecule has 0 aliphatic carbocycles. The van der Waals surface area contributed by atoms with Gasteiger partial charge in [0.05, 0.1) is 12.0 Å². The molecule has 0 spiro atoms. The molecule has 3 heteroatoms. The Balaban J connectivity index is 2.15. The van der Waals surface area contributed by atoms with Gasteiger partial charge in [-0.15, -0.1) is 0 Å². The Morgan fingerprint density at radius 1 is 0.909 bits per heavy atom. The predicted octanol–water partition coefficient (Wildman–Crippen LogP) is 4.96. The second-order valence-corrected chi connectivity index (χ2v) is 6.35. The summed E-state index contributed by atoms with van der Waals surface area (Å²) >= 11 is 5.94. The van der Waals surface area contributed by atoms with Gasteiger partial charge in [0.2, 0.25) is 5.91 Å². The lowest BCUT2D eigenvalue weighted by Gasteiger charge is -2.23. The molecule has 0 heterocycles. The van der Waals surface area contributed by atoms with Crippen LogP contribution in [0.4, 0.5) is 0 Å². The highest BCUT2D eigenvalue weighted by Gasteiger charge is 2.25. The van der Waals surface area contributed by atoms with Crippen molar-refractivity contribution in [3.63, 3.8) is 0 Å². The van der Waals surface area contributed by atoms with E-state index in [2.05, 4.69) is 19.2 Å². The van der Waals surface area contributed by atoms with Crippen molar-refractivity contribution in [3.8, 4) is 0 Å². The average Bonchev–Trinajstić information content (AvgIpc) is 2.50. The van der Waals surface area contributed by atoms with Crippen molar-refractivity contribution in [1.82, 2.24) is 5.32 Å². The predicted molar refractivity (Wildman–Crippen MR) is 92.0 cm³/mol. The fraction of sp³-hybridized carbons (Fsp3) is 0.316. The van der Waals surface area contributed by atoms with Gasteiger partial charge in [-0.05, 0) is 36.1 Å². The molecule has 1 amide bonds. The first-order chi connectivity index (χ1) is 10.5. The van der Waals surface area contributed by atoms with Crippen LogP contribution in [0.1, 0.15) is 43.9 Å². The van der Waals surface area contributed by atoms with E-state index in [4.69, 9.17) is 11.6 Å². The molecule has 0 unspecified atom stereocenters. The Kier molecular flexibility index (Phi) is 5.62. The normalized spacial score (nSPS) is 13.7. The minimum atomic E-state index is -0.177. The summed E-state index contributed by atoms with van der Waals surface area (Å²) in [5.74, 6) is 0.0845. The van der Waals surface area contributed by atoms with E-state index in [0.29, 0.717) is 5.02 Å². The third-order valence-corrected chi connectivity index (χ3v) is 4.09. The Morgan fingerprint density at radius 2 is 1.50 bits per heavy atom. The van der Waals surface area contributed by atoms with Gasteiger partial charge in [0.25, 0.3) is 0 Å². The highest BCUT2D eigenvalue weighted by molar-refractivity contribution is 6.30. The number of hydrogen-bond acceptors (Lipinski definition) is 1. The first-order valence-corrected chi connectivity index (χ1v) is 7.97.